The molecule has 1 aliphatic heterocycles. The number of anilines is 2. The molecule has 0 aromatic heterocycles. The average molecular weight is 367 g/mol. The van der Waals surface area contributed by atoms with Crippen molar-refractivity contribution in [3.05, 3.63) is 60.2 Å². The van der Waals surface area contributed by atoms with E-state index in [1.807, 2.05) is 37.3 Å². The average Bonchev–Trinajstić information content (AvgIpc) is 3.22. The minimum Gasteiger partial charge on any atom is -0.381 e. The molecule has 0 bridgehead atoms. The third-order valence-corrected chi connectivity index (χ3v) is 4.59. The van der Waals surface area contributed by atoms with E-state index in [9.17, 15) is 9.59 Å². The first-order valence-corrected chi connectivity index (χ1v) is 9.27. The zero-order chi connectivity index (χ0) is 19.1. The molecule has 1 aliphatic rings. The predicted octanol–water partition coefficient (Wildman–Crippen LogP) is 3.51. The molecule has 0 unspecified atom stereocenters. The Morgan fingerprint density at radius 3 is 2.48 bits per heavy atom. The van der Waals surface area contributed by atoms with Crippen molar-refractivity contribution in [2.24, 2.45) is 5.92 Å². The Hall–Kier alpha value is -2.86. The van der Waals surface area contributed by atoms with E-state index >= 15 is 0 Å². The number of carbonyl (C=O) groups excluding carboxylic acids is 2. The number of amides is 3. The third kappa shape index (κ3) is 5.08. The molecule has 1 atom stereocenters. The Balaban J connectivity index is 1.57. The molecule has 6 heteroatoms. The minimum atomic E-state index is -0.250. The molecule has 0 radical (unpaired) electrons. The van der Waals surface area contributed by atoms with Crippen molar-refractivity contribution >= 4 is 23.3 Å². The van der Waals surface area contributed by atoms with E-state index in [2.05, 4.69) is 10.6 Å². The number of ether oxygens (including phenoxy) is 1. The highest BCUT2D eigenvalue weighted by Crippen LogP contribution is 2.18. The van der Waals surface area contributed by atoms with Crippen LogP contribution >= 0.6 is 0 Å². The van der Waals surface area contributed by atoms with Gasteiger partial charge in [-0.3, -0.25) is 4.79 Å². The second-order valence-corrected chi connectivity index (χ2v) is 6.53. The molecule has 0 aliphatic carbocycles. The van der Waals surface area contributed by atoms with Gasteiger partial charge < -0.3 is 20.3 Å². The van der Waals surface area contributed by atoms with Gasteiger partial charge in [0.2, 0.25) is 0 Å². The van der Waals surface area contributed by atoms with Gasteiger partial charge in [0.25, 0.3) is 5.91 Å². The Kier molecular flexibility index (Phi) is 6.44. The van der Waals surface area contributed by atoms with E-state index in [1.165, 1.54) is 0 Å². The third-order valence-electron chi connectivity index (χ3n) is 4.59. The molecule has 1 saturated heterocycles. The van der Waals surface area contributed by atoms with Crippen molar-refractivity contribution < 1.29 is 14.3 Å². The number of hydrogen-bond acceptors (Lipinski definition) is 3. The lowest BCUT2D eigenvalue weighted by Gasteiger charge is -2.21. The van der Waals surface area contributed by atoms with Gasteiger partial charge in [0.05, 0.1) is 6.61 Å². The Morgan fingerprint density at radius 2 is 1.85 bits per heavy atom. The number of hydrogen-bond donors (Lipinski definition) is 2. The highest BCUT2D eigenvalue weighted by molar-refractivity contribution is 6.06. The maximum Gasteiger partial charge on any atom is 0.319 e. The van der Waals surface area contributed by atoms with Crippen LogP contribution in [0.1, 0.15) is 23.7 Å². The summed E-state index contributed by atoms with van der Waals surface area (Å²) in [7, 11) is 0. The highest BCUT2D eigenvalue weighted by atomic mass is 16.5. The van der Waals surface area contributed by atoms with Crippen molar-refractivity contribution in [3.63, 3.8) is 0 Å². The fraction of sp³-hybridized carbons (Fsp3) is 0.333. The van der Waals surface area contributed by atoms with Crippen LogP contribution in [0.4, 0.5) is 16.2 Å². The summed E-state index contributed by atoms with van der Waals surface area (Å²) in [5, 5.41) is 5.65. The van der Waals surface area contributed by atoms with Crippen molar-refractivity contribution in [3.8, 4) is 0 Å². The molecule has 2 N–H and O–H groups in total. The van der Waals surface area contributed by atoms with Gasteiger partial charge in [0.15, 0.2) is 0 Å². The van der Waals surface area contributed by atoms with Crippen LogP contribution in [0.15, 0.2) is 54.6 Å². The fourth-order valence-corrected chi connectivity index (χ4v) is 3.06. The van der Waals surface area contributed by atoms with Gasteiger partial charge in [-0.2, -0.15) is 0 Å². The Bertz CT molecular complexity index is 756. The molecule has 142 valence electrons. The number of benzene rings is 2. The van der Waals surface area contributed by atoms with Crippen LogP contribution in [-0.4, -0.2) is 38.2 Å². The summed E-state index contributed by atoms with van der Waals surface area (Å²) in [5.74, 6) is 0.315. The molecule has 3 rings (SSSR count). The van der Waals surface area contributed by atoms with Crippen LogP contribution in [0.5, 0.6) is 0 Å². The summed E-state index contributed by atoms with van der Waals surface area (Å²) in [4.78, 5) is 26.5. The molecule has 6 nitrogen and oxygen atoms in total. The maximum absolute atomic E-state index is 12.8. The zero-order valence-electron chi connectivity index (χ0n) is 15.5. The maximum atomic E-state index is 12.8. The molecule has 0 spiro atoms. The largest absolute Gasteiger partial charge is 0.381 e. The molecule has 3 amide bonds. The first-order chi connectivity index (χ1) is 13.2. The molecule has 0 saturated carbocycles. The molecule has 2 aromatic carbocycles. The van der Waals surface area contributed by atoms with Crippen LogP contribution in [0.2, 0.25) is 0 Å². The number of para-hydroxylation sites is 1. The predicted molar refractivity (Wildman–Crippen MR) is 106 cm³/mol. The van der Waals surface area contributed by atoms with Crippen LogP contribution < -0.4 is 15.5 Å². The second kappa shape index (κ2) is 9.19. The quantitative estimate of drug-likeness (QED) is 0.821. The Labute approximate surface area is 159 Å². The summed E-state index contributed by atoms with van der Waals surface area (Å²) >= 11 is 0. The normalized spacial score (nSPS) is 16.0. The summed E-state index contributed by atoms with van der Waals surface area (Å²) in [6, 6.07) is 16.3. The molecule has 1 heterocycles. The molecule has 27 heavy (non-hydrogen) atoms. The molecule has 2 aromatic rings. The van der Waals surface area contributed by atoms with Crippen molar-refractivity contribution in [2.75, 3.05) is 36.5 Å². The van der Waals surface area contributed by atoms with Gasteiger partial charge in [-0.05, 0) is 49.7 Å². The van der Waals surface area contributed by atoms with Gasteiger partial charge in [-0.25, -0.2) is 4.79 Å². The van der Waals surface area contributed by atoms with E-state index in [-0.39, 0.29) is 11.9 Å². The zero-order valence-corrected chi connectivity index (χ0v) is 15.5. The van der Waals surface area contributed by atoms with E-state index in [4.69, 9.17) is 4.74 Å². The first kappa shape index (κ1) is 18.9. The van der Waals surface area contributed by atoms with Crippen molar-refractivity contribution in [1.82, 2.24) is 5.32 Å². The monoisotopic (exact) mass is 367 g/mol. The van der Waals surface area contributed by atoms with E-state index < -0.39 is 0 Å². The number of carbonyl (C=O) groups is 2. The lowest BCUT2D eigenvalue weighted by molar-refractivity contribution is 0.0988. The second-order valence-electron chi connectivity index (χ2n) is 6.53. The summed E-state index contributed by atoms with van der Waals surface area (Å²) in [6.07, 6.45) is 0.979. The first-order valence-electron chi connectivity index (χ1n) is 9.27. The molecule has 1 fully saturated rings. The minimum absolute atomic E-state index is 0.0686. The van der Waals surface area contributed by atoms with Gasteiger partial charge in [-0.15, -0.1) is 0 Å². The standard InChI is InChI=1S/C21H25N3O3/c1-2-24(19-6-4-3-5-7-19)20(25)17-8-10-18(11-9-17)23-21(26)22-14-16-12-13-27-15-16/h3-11,16H,2,12-15H2,1H3,(H2,22,23,26)/t16-/m0/s1. The number of rotatable bonds is 6. The van der Waals surface area contributed by atoms with Crippen LogP contribution in [0, 0.1) is 5.92 Å². The fourth-order valence-electron chi connectivity index (χ4n) is 3.06. The van der Waals surface area contributed by atoms with Crippen LogP contribution in [0.25, 0.3) is 0 Å². The molecular formula is C21H25N3O3. The number of nitrogens with zero attached hydrogens (tertiary/aromatic N) is 1. The SMILES string of the molecule is CCN(C(=O)c1ccc(NC(=O)NC[C@@H]2CCOC2)cc1)c1ccccc1. The van der Waals surface area contributed by atoms with E-state index in [1.54, 1.807) is 29.2 Å². The number of urea groups is 1. The van der Waals surface area contributed by atoms with Crippen molar-refractivity contribution in [2.45, 2.75) is 13.3 Å². The number of nitrogens with one attached hydrogen (secondary N) is 2. The smallest absolute Gasteiger partial charge is 0.319 e. The summed E-state index contributed by atoms with van der Waals surface area (Å²) < 4.78 is 5.30. The highest BCUT2D eigenvalue weighted by Gasteiger charge is 2.17. The lowest BCUT2D eigenvalue weighted by atomic mass is 10.1. The topological polar surface area (TPSA) is 70.7 Å². The molecular weight excluding hydrogens is 342 g/mol. The summed E-state index contributed by atoms with van der Waals surface area (Å²) in [6.45, 7) is 4.59. The van der Waals surface area contributed by atoms with Crippen LogP contribution in [-0.2, 0) is 4.74 Å². The van der Waals surface area contributed by atoms with E-state index in [0.29, 0.717) is 36.9 Å². The Morgan fingerprint density at radius 1 is 1.11 bits per heavy atom. The van der Waals surface area contributed by atoms with Crippen molar-refractivity contribution in [1.29, 1.82) is 0 Å². The van der Waals surface area contributed by atoms with Gasteiger partial charge in [-0.1, -0.05) is 18.2 Å². The van der Waals surface area contributed by atoms with E-state index in [0.717, 1.165) is 18.7 Å². The van der Waals surface area contributed by atoms with Gasteiger partial charge in [0, 0.05) is 42.6 Å². The lowest BCUT2D eigenvalue weighted by Crippen LogP contribution is -2.33. The van der Waals surface area contributed by atoms with Crippen LogP contribution in [0.3, 0.4) is 0 Å². The van der Waals surface area contributed by atoms with Gasteiger partial charge >= 0.3 is 6.03 Å². The summed E-state index contributed by atoms with van der Waals surface area (Å²) in [5.41, 5.74) is 2.09. The van der Waals surface area contributed by atoms with Gasteiger partial charge in [0.1, 0.15) is 0 Å².